The summed E-state index contributed by atoms with van der Waals surface area (Å²) in [5.41, 5.74) is -0.0141. The van der Waals surface area contributed by atoms with Gasteiger partial charge in [0.15, 0.2) is 18.1 Å². The molecule has 9 N–H and O–H groups in total. The van der Waals surface area contributed by atoms with E-state index in [0.29, 0.717) is 0 Å². The fraction of sp³-hybridized carbons (Fsp3) is 0.667. The Morgan fingerprint density at radius 3 is 1.84 bits per heavy atom. The number of hydrogen-bond acceptors (Lipinski definition) is 13. The Labute approximate surface area is 181 Å². The van der Waals surface area contributed by atoms with Gasteiger partial charge in [0.2, 0.25) is 6.29 Å². The highest BCUT2D eigenvalue weighted by Crippen LogP contribution is 2.30. The first-order valence-corrected chi connectivity index (χ1v) is 9.76. The van der Waals surface area contributed by atoms with Gasteiger partial charge < -0.3 is 59.9 Å². The molecule has 2 aliphatic rings. The lowest BCUT2D eigenvalue weighted by Crippen LogP contribution is -2.99. The van der Waals surface area contributed by atoms with Crippen LogP contribution in [0, 0.1) is 5.21 Å². The minimum absolute atomic E-state index is 0.0141. The zero-order valence-electron chi connectivity index (χ0n) is 16.6. The number of rotatable bonds is 7. The molecule has 0 amide bonds. The number of benzene rings is 1. The second-order valence-corrected chi connectivity index (χ2v) is 7.45. The Morgan fingerprint density at radius 1 is 0.781 bits per heavy atom. The van der Waals surface area contributed by atoms with Crippen molar-refractivity contribution in [1.29, 1.82) is 0 Å². The summed E-state index contributed by atoms with van der Waals surface area (Å²) in [5.74, 6) is 0.0997. The fourth-order valence-electron chi connectivity index (χ4n) is 3.44. The first-order valence-electron chi connectivity index (χ1n) is 9.76. The van der Waals surface area contributed by atoms with Crippen LogP contribution >= 0.6 is 0 Å². The lowest BCUT2D eigenvalue weighted by atomic mass is 9.97. The average Bonchev–Trinajstić information content (AvgIpc) is 2.78. The number of aliphatic hydroxyl groups excluding tert-OH is 7. The molecule has 14 heteroatoms. The van der Waals surface area contributed by atoms with Gasteiger partial charge in [0.25, 0.3) is 0 Å². The lowest BCUT2D eigenvalue weighted by Gasteiger charge is -2.45. The molecule has 2 aliphatic heterocycles. The maximum atomic E-state index is 11.0. The van der Waals surface area contributed by atoms with E-state index < -0.39 is 79.9 Å². The van der Waals surface area contributed by atoms with E-state index in [4.69, 9.17) is 24.2 Å². The molecule has 2 saturated heterocycles. The van der Waals surface area contributed by atoms with Gasteiger partial charge in [0.05, 0.1) is 13.2 Å². The van der Waals surface area contributed by atoms with Crippen molar-refractivity contribution in [3.8, 4) is 5.75 Å². The summed E-state index contributed by atoms with van der Waals surface area (Å²) < 4.78 is 21.9. The molecule has 11 atom stereocenters. The fourth-order valence-corrected chi connectivity index (χ4v) is 3.44. The van der Waals surface area contributed by atoms with Crippen LogP contribution in [0.1, 0.15) is 0 Å². The summed E-state index contributed by atoms with van der Waals surface area (Å²) in [6.07, 6.45) is -15.7. The van der Waals surface area contributed by atoms with Crippen LogP contribution < -0.4 is 9.96 Å². The molecule has 0 saturated carbocycles. The monoisotopic (exact) mass is 465 g/mol. The van der Waals surface area contributed by atoms with Gasteiger partial charge in [0.1, 0.15) is 48.5 Å². The van der Waals surface area contributed by atoms with Crippen molar-refractivity contribution in [3.05, 3.63) is 29.5 Å². The predicted molar refractivity (Wildman–Crippen MR) is 99.2 cm³/mol. The van der Waals surface area contributed by atoms with Crippen molar-refractivity contribution < 1.29 is 65.1 Å². The van der Waals surface area contributed by atoms with E-state index in [1.54, 1.807) is 0 Å². The number of quaternary nitrogens is 1. The van der Waals surface area contributed by atoms with Gasteiger partial charge >= 0.3 is 0 Å². The minimum atomic E-state index is -1.79. The molecule has 32 heavy (non-hydrogen) atoms. The summed E-state index contributed by atoms with van der Waals surface area (Å²) in [6.45, 7) is -1.39. The van der Waals surface area contributed by atoms with E-state index in [1.807, 2.05) is 0 Å². The largest absolute Gasteiger partial charge is 0.595 e. The van der Waals surface area contributed by atoms with Gasteiger partial charge in [-0.05, 0) is 12.1 Å². The molecule has 1 unspecified atom stereocenters. The van der Waals surface area contributed by atoms with Gasteiger partial charge in [-0.15, -0.1) is 0 Å². The molecule has 0 bridgehead atoms. The molecule has 1 aromatic rings. The molecule has 1 aromatic carbocycles. The molecule has 0 aromatic heterocycles. The first-order chi connectivity index (χ1) is 15.2. The van der Waals surface area contributed by atoms with E-state index in [-0.39, 0.29) is 11.4 Å². The Kier molecular flexibility index (Phi) is 8.34. The highest BCUT2D eigenvalue weighted by molar-refractivity contribution is 5.35. The summed E-state index contributed by atoms with van der Waals surface area (Å²) >= 11 is 0. The summed E-state index contributed by atoms with van der Waals surface area (Å²) in [7, 11) is 0. The molecule has 182 valence electrons. The van der Waals surface area contributed by atoms with Crippen LogP contribution in [0.3, 0.4) is 0 Å². The molecule has 0 aliphatic carbocycles. The maximum Gasteiger partial charge on any atom is 0.229 e. The van der Waals surface area contributed by atoms with Crippen molar-refractivity contribution >= 4 is 5.69 Å². The number of ether oxygens (including phenoxy) is 4. The van der Waals surface area contributed by atoms with Crippen LogP contribution in [0.2, 0.25) is 0 Å². The third-order valence-corrected chi connectivity index (χ3v) is 5.32. The lowest BCUT2D eigenvalue weighted by molar-refractivity contribution is -0.991. The first kappa shape index (κ1) is 25.1. The summed E-state index contributed by atoms with van der Waals surface area (Å²) in [5, 5.41) is 88.4. The summed E-state index contributed by atoms with van der Waals surface area (Å²) in [6, 6.07) is 5.12. The molecule has 0 radical (unpaired) electrons. The van der Waals surface area contributed by atoms with Crippen molar-refractivity contribution in [2.45, 2.75) is 61.4 Å². The Bertz CT molecular complexity index is 719. The highest BCUT2D eigenvalue weighted by atomic mass is 16.8. The molecule has 2 fully saturated rings. The molecule has 0 spiro atoms. The second-order valence-electron chi connectivity index (χ2n) is 7.45. The zero-order valence-corrected chi connectivity index (χ0v) is 16.6. The van der Waals surface area contributed by atoms with Crippen LogP contribution in [0.25, 0.3) is 0 Å². The van der Waals surface area contributed by atoms with E-state index in [2.05, 4.69) is 0 Å². The average molecular weight is 465 g/mol. The predicted octanol–water partition coefficient (Wildman–Crippen LogP) is -4.91. The van der Waals surface area contributed by atoms with Crippen LogP contribution in [0.4, 0.5) is 5.69 Å². The summed E-state index contributed by atoms with van der Waals surface area (Å²) in [4.78, 5) is 0. The third-order valence-electron chi connectivity index (χ3n) is 5.32. The van der Waals surface area contributed by atoms with Crippen molar-refractivity contribution in [2.75, 3.05) is 13.2 Å². The second kappa shape index (κ2) is 10.6. The molecular formula is C18H27NO13. The third kappa shape index (κ3) is 5.18. The van der Waals surface area contributed by atoms with Gasteiger partial charge in [-0.25, -0.2) is 5.21 Å². The normalized spacial score (nSPS) is 41.3. The van der Waals surface area contributed by atoms with E-state index in [0.717, 1.165) is 0 Å². The maximum absolute atomic E-state index is 11.0. The molecule has 3 rings (SSSR count). The van der Waals surface area contributed by atoms with Gasteiger partial charge in [0, 0.05) is 12.1 Å². The topological polar surface area (TPSA) is 226 Å². The van der Waals surface area contributed by atoms with E-state index in [9.17, 15) is 41.0 Å². The van der Waals surface area contributed by atoms with E-state index in [1.165, 1.54) is 24.3 Å². The van der Waals surface area contributed by atoms with Gasteiger partial charge in [-0.3, -0.25) is 0 Å². The molecule has 14 nitrogen and oxygen atoms in total. The molecular weight excluding hydrogens is 438 g/mol. The van der Waals surface area contributed by atoms with Gasteiger partial charge in [-0.1, -0.05) is 0 Å². The van der Waals surface area contributed by atoms with Crippen LogP contribution in [-0.2, 0) is 14.2 Å². The molecule has 2 heterocycles. The van der Waals surface area contributed by atoms with Crippen LogP contribution in [-0.4, -0.2) is 116 Å². The quantitative estimate of drug-likeness (QED) is 0.172. The van der Waals surface area contributed by atoms with Crippen LogP contribution in [0.5, 0.6) is 5.75 Å². The minimum Gasteiger partial charge on any atom is -0.595 e. The zero-order chi connectivity index (χ0) is 23.6. The highest BCUT2D eigenvalue weighted by Gasteiger charge is 2.51. The van der Waals surface area contributed by atoms with Crippen LogP contribution in [0.15, 0.2) is 24.3 Å². The Balaban J connectivity index is 1.81. The van der Waals surface area contributed by atoms with E-state index >= 15 is 0 Å². The number of hydrogen-bond donors (Lipinski definition) is 9. The smallest absolute Gasteiger partial charge is 0.229 e. The van der Waals surface area contributed by atoms with Crippen molar-refractivity contribution in [1.82, 2.24) is 0 Å². The van der Waals surface area contributed by atoms with Crippen molar-refractivity contribution in [2.24, 2.45) is 0 Å². The SMILES string of the molecule is [O-][NH+](O)c1ccc(O[C@H]2O[C@H](CO)[C@@H](O)[C@@H](O)[C@H]2O[C@@H]2O[C@H](CO)[C@@H](O)[C@H](O)[C@H]2O)cc1. The van der Waals surface area contributed by atoms with Crippen molar-refractivity contribution in [3.63, 3.8) is 0 Å². The Morgan fingerprint density at radius 2 is 1.31 bits per heavy atom. The standard InChI is InChI=1S/C18H27NO13/c20-5-9-11(22)13(24)15(26)17(30-9)32-16-14(25)12(23)10(6-21)31-18(16)29-8-3-1-7(2-4-8)19(27)28/h1-4,9-27H,5-6H2/t9-,10-,11-,12-,13+,14-,15-,16-,17+,18+/m1/s1. The number of aliphatic hydroxyl groups is 7. The Hall–Kier alpha value is -1.50. The number of nitrogens with one attached hydrogen (secondary N) is 1. The van der Waals surface area contributed by atoms with Gasteiger partial charge in [-0.2, -0.15) is 5.23 Å².